The van der Waals surface area contributed by atoms with Crippen molar-refractivity contribution in [1.82, 2.24) is 0 Å². The second kappa shape index (κ2) is 5.36. The summed E-state index contributed by atoms with van der Waals surface area (Å²) >= 11 is 0. The van der Waals surface area contributed by atoms with Gasteiger partial charge in [0.15, 0.2) is 0 Å². The molecule has 3 nitrogen and oxygen atoms in total. The molecule has 0 N–H and O–H groups in total. The zero-order valence-electron chi connectivity index (χ0n) is 10.8. The van der Waals surface area contributed by atoms with Crippen molar-refractivity contribution >= 4 is 5.97 Å². The van der Waals surface area contributed by atoms with Crippen molar-refractivity contribution in [3.05, 3.63) is 59.2 Å². The van der Waals surface area contributed by atoms with E-state index in [4.69, 9.17) is 10.00 Å². The van der Waals surface area contributed by atoms with E-state index < -0.39 is 5.97 Å². The Morgan fingerprint density at radius 3 is 2.53 bits per heavy atom. The third-order valence-electron chi connectivity index (χ3n) is 2.99. The third-order valence-corrected chi connectivity index (χ3v) is 2.99. The summed E-state index contributed by atoms with van der Waals surface area (Å²) in [4.78, 5) is 11.8. The Morgan fingerprint density at radius 2 is 1.89 bits per heavy atom. The molecule has 0 heterocycles. The van der Waals surface area contributed by atoms with Crippen molar-refractivity contribution in [1.29, 1.82) is 5.26 Å². The number of hydrogen-bond acceptors (Lipinski definition) is 3. The minimum Gasteiger partial charge on any atom is -0.465 e. The molecule has 2 aromatic rings. The van der Waals surface area contributed by atoms with Crippen LogP contribution in [0.4, 0.5) is 0 Å². The molecule has 0 radical (unpaired) electrons. The molecular weight excluding hydrogens is 238 g/mol. The number of carbonyl (C=O) groups is 1. The highest BCUT2D eigenvalue weighted by atomic mass is 16.5. The highest BCUT2D eigenvalue weighted by Gasteiger charge is 2.15. The Hall–Kier alpha value is -2.60. The summed E-state index contributed by atoms with van der Waals surface area (Å²) in [5.41, 5.74) is 3.69. The van der Waals surface area contributed by atoms with E-state index in [2.05, 4.69) is 6.07 Å². The van der Waals surface area contributed by atoms with Crippen molar-refractivity contribution in [3.8, 4) is 17.2 Å². The number of carbonyl (C=O) groups excluding carboxylic acids is 1. The summed E-state index contributed by atoms with van der Waals surface area (Å²) in [7, 11) is 1.35. The van der Waals surface area contributed by atoms with Gasteiger partial charge < -0.3 is 4.74 Å². The van der Waals surface area contributed by atoms with Gasteiger partial charge in [-0.2, -0.15) is 5.26 Å². The first-order chi connectivity index (χ1) is 9.17. The molecule has 0 saturated carbocycles. The molecule has 0 aromatic heterocycles. The first-order valence-corrected chi connectivity index (χ1v) is 5.86. The lowest BCUT2D eigenvalue weighted by atomic mass is 9.94. The van der Waals surface area contributed by atoms with E-state index in [-0.39, 0.29) is 0 Å². The molecule has 19 heavy (non-hydrogen) atoms. The van der Waals surface area contributed by atoms with Crippen molar-refractivity contribution in [2.45, 2.75) is 6.92 Å². The predicted molar refractivity (Wildman–Crippen MR) is 72.7 cm³/mol. The van der Waals surface area contributed by atoms with E-state index in [9.17, 15) is 4.79 Å². The van der Waals surface area contributed by atoms with Crippen molar-refractivity contribution in [3.63, 3.8) is 0 Å². The van der Waals surface area contributed by atoms with Gasteiger partial charge in [0.05, 0.1) is 24.3 Å². The molecule has 2 aromatic carbocycles. The Bertz CT molecular complexity index is 669. The summed E-state index contributed by atoms with van der Waals surface area (Å²) in [5.74, 6) is -0.400. The van der Waals surface area contributed by atoms with E-state index in [0.717, 1.165) is 16.7 Å². The van der Waals surface area contributed by atoms with Crippen LogP contribution in [0.15, 0.2) is 42.5 Å². The minimum absolute atomic E-state index is 0.400. The first kappa shape index (κ1) is 12.8. The minimum atomic E-state index is -0.400. The van der Waals surface area contributed by atoms with E-state index in [1.165, 1.54) is 7.11 Å². The summed E-state index contributed by atoms with van der Waals surface area (Å²) in [5, 5.41) is 9.00. The summed E-state index contributed by atoms with van der Waals surface area (Å²) < 4.78 is 4.79. The van der Waals surface area contributed by atoms with Crippen LogP contribution in [0, 0.1) is 18.3 Å². The zero-order valence-corrected chi connectivity index (χ0v) is 10.8. The Balaban J connectivity index is 2.70. The first-order valence-electron chi connectivity index (χ1n) is 5.86. The molecule has 0 unspecified atom stereocenters. The van der Waals surface area contributed by atoms with Crippen LogP contribution in [0.1, 0.15) is 21.5 Å². The van der Waals surface area contributed by atoms with Crippen molar-refractivity contribution in [2.75, 3.05) is 7.11 Å². The lowest BCUT2D eigenvalue weighted by Gasteiger charge is -2.11. The largest absolute Gasteiger partial charge is 0.465 e. The standard InChI is InChI=1S/C16H13NO2/c1-11-5-3-4-6-13(11)15-9-12(10-17)7-8-14(15)16(18)19-2/h3-9H,1-2H3. The van der Waals surface area contributed by atoms with Gasteiger partial charge in [0.1, 0.15) is 0 Å². The fourth-order valence-electron chi connectivity index (χ4n) is 2.00. The topological polar surface area (TPSA) is 50.1 Å². The fourth-order valence-corrected chi connectivity index (χ4v) is 2.00. The maximum Gasteiger partial charge on any atom is 0.338 e. The molecular formula is C16H13NO2. The van der Waals surface area contributed by atoms with Gasteiger partial charge in [-0.3, -0.25) is 0 Å². The molecule has 0 bridgehead atoms. The number of aryl methyl sites for hydroxylation is 1. The van der Waals surface area contributed by atoms with E-state index in [1.54, 1.807) is 18.2 Å². The molecule has 0 aliphatic heterocycles. The second-order valence-electron chi connectivity index (χ2n) is 4.18. The SMILES string of the molecule is COC(=O)c1ccc(C#N)cc1-c1ccccc1C. The highest BCUT2D eigenvalue weighted by molar-refractivity contribution is 5.98. The molecule has 0 fully saturated rings. The van der Waals surface area contributed by atoms with Crippen molar-refractivity contribution in [2.24, 2.45) is 0 Å². The molecule has 3 heteroatoms. The molecule has 94 valence electrons. The normalized spacial score (nSPS) is 9.74. The maximum atomic E-state index is 11.8. The van der Waals surface area contributed by atoms with Gasteiger partial charge >= 0.3 is 5.97 Å². The van der Waals surface area contributed by atoms with Gasteiger partial charge in [0.25, 0.3) is 0 Å². The van der Waals surface area contributed by atoms with Crippen LogP contribution in [0.2, 0.25) is 0 Å². The lowest BCUT2D eigenvalue weighted by Crippen LogP contribution is -2.04. The van der Waals surface area contributed by atoms with Crippen LogP contribution in [0.5, 0.6) is 0 Å². The van der Waals surface area contributed by atoms with E-state index >= 15 is 0 Å². The van der Waals surface area contributed by atoms with Crippen LogP contribution in [0.3, 0.4) is 0 Å². The molecule has 0 spiro atoms. The van der Waals surface area contributed by atoms with Gasteiger partial charge in [-0.05, 0) is 41.8 Å². The number of rotatable bonds is 2. The molecule has 0 aliphatic rings. The Morgan fingerprint density at radius 1 is 1.16 bits per heavy atom. The Labute approximate surface area is 112 Å². The smallest absolute Gasteiger partial charge is 0.338 e. The van der Waals surface area contributed by atoms with Crippen LogP contribution >= 0.6 is 0 Å². The third kappa shape index (κ3) is 2.48. The number of nitrogens with zero attached hydrogens (tertiary/aromatic N) is 1. The number of nitriles is 1. The fraction of sp³-hybridized carbons (Fsp3) is 0.125. The van der Waals surface area contributed by atoms with Gasteiger partial charge in [-0.25, -0.2) is 4.79 Å². The average Bonchev–Trinajstić information content (AvgIpc) is 2.46. The van der Waals surface area contributed by atoms with Crippen molar-refractivity contribution < 1.29 is 9.53 Å². The van der Waals surface area contributed by atoms with E-state index in [0.29, 0.717) is 11.1 Å². The van der Waals surface area contributed by atoms with Crippen LogP contribution in [-0.4, -0.2) is 13.1 Å². The summed E-state index contributed by atoms with van der Waals surface area (Å²) in [6.07, 6.45) is 0. The van der Waals surface area contributed by atoms with Gasteiger partial charge in [-0.1, -0.05) is 24.3 Å². The van der Waals surface area contributed by atoms with Crippen LogP contribution in [-0.2, 0) is 4.74 Å². The van der Waals surface area contributed by atoms with Gasteiger partial charge in [-0.15, -0.1) is 0 Å². The second-order valence-corrected chi connectivity index (χ2v) is 4.18. The number of methoxy groups -OCH3 is 1. The molecule has 0 saturated heterocycles. The van der Waals surface area contributed by atoms with Gasteiger partial charge in [0.2, 0.25) is 0 Å². The summed E-state index contributed by atoms with van der Waals surface area (Å²) in [6, 6.07) is 14.8. The molecule has 0 aliphatic carbocycles. The lowest BCUT2D eigenvalue weighted by molar-refractivity contribution is 0.0601. The number of hydrogen-bond donors (Lipinski definition) is 0. The molecule has 2 rings (SSSR count). The highest BCUT2D eigenvalue weighted by Crippen LogP contribution is 2.28. The zero-order chi connectivity index (χ0) is 13.8. The van der Waals surface area contributed by atoms with E-state index in [1.807, 2.05) is 31.2 Å². The Kier molecular flexibility index (Phi) is 3.63. The average molecular weight is 251 g/mol. The predicted octanol–water partition coefficient (Wildman–Crippen LogP) is 3.32. The molecule has 0 amide bonds. The molecule has 0 atom stereocenters. The monoisotopic (exact) mass is 251 g/mol. The number of ether oxygens (including phenoxy) is 1. The van der Waals surface area contributed by atoms with Gasteiger partial charge in [0, 0.05) is 0 Å². The van der Waals surface area contributed by atoms with Crippen LogP contribution < -0.4 is 0 Å². The number of benzene rings is 2. The maximum absolute atomic E-state index is 11.8. The summed E-state index contributed by atoms with van der Waals surface area (Å²) in [6.45, 7) is 1.97. The quantitative estimate of drug-likeness (QED) is 0.769. The van der Waals surface area contributed by atoms with Crippen LogP contribution in [0.25, 0.3) is 11.1 Å². The number of esters is 1.